The zero-order chi connectivity index (χ0) is 11.5. The predicted octanol–water partition coefficient (Wildman–Crippen LogP) is 1.98. The second-order valence-electron chi connectivity index (χ2n) is 4.07. The lowest BCUT2D eigenvalue weighted by atomic mass is 10.0. The number of benzene rings is 1. The number of carbonyl (C=O) groups excluding carboxylic acids is 1. The quantitative estimate of drug-likeness (QED) is 0.681. The Bertz CT molecular complexity index is 415. The minimum absolute atomic E-state index is 0.0705. The summed E-state index contributed by atoms with van der Waals surface area (Å²) in [6, 6.07) is 3.88. The maximum atomic E-state index is 11.2. The molecule has 0 saturated carbocycles. The van der Waals surface area contributed by atoms with Crippen LogP contribution >= 0.6 is 0 Å². The molecule has 0 aliphatic carbocycles. The Morgan fingerprint density at radius 3 is 3.00 bits per heavy atom. The summed E-state index contributed by atoms with van der Waals surface area (Å²) >= 11 is 0. The molecule has 86 valence electrons. The molecule has 0 unspecified atom stereocenters. The van der Waals surface area contributed by atoms with Crippen LogP contribution in [0.4, 0.5) is 17.1 Å². The van der Waals surface area contributed by atoms with Gasteiger partial charge in [-0.2, -0.15) is 0 Å². The third-order valence-corrected chi connectivity index (χ3v) is 2.74. The molecule has 1 aromatic carbocycles. The van der Waals surface area contributed by atoms with Gasteiger partial charge in [0.15, 0.2) is 0 Å². The first kappa shape index (κ1) is 10.8. The fraction of sp³-hybridized carbons (Fsp3) is 0.417. The molecule has 1 aromatic rings. The van der Waals surface area contributed by atoms with Gasteiger partial charge >= 0.3 is 0 Å². The summed E-state index contributed by atoms with van der Waals surface area (Å²) in [4.78, 5) is 11.2. The van der Waals surface area contributed by atoms with E-state index in [4.69, 9.17) is 5.73 Å². The number of hydrogen-bond acceptors (Lipinski definition) is 3. The van der Waals surface area contributed by atoms with Crippen LogP contribution in [0.25, 0.3) is 0 Å². The molecule has 1 aliphatic rings. The van der Waals surface area contributed by atoms with Crippen LogP contribution in [0.3, 0.4) is 0 Å². The number of anilines is 3. The molecule has 0 radical (unpaired) electrons. The molecule has 0 saturated heterocycles. The van der Waals surface area contributed by atoms with Crippen molar-refractivity contribution < 1.29 is 4.79 Å². The molecule has 16 heavy (non-hydrogen) atoms. The topological polar surface area (TPSA) is 67.2 Å². The smallest absolute Gasteiger partial charge is 0.224 e. The van der Waals surface area contributed by atoms with E-state index in [0.29, 0.717) is 12.1 Å². The maximum Gasteiger partial charge on any atom is 0.224 e. The molecular formula is C12H17N3O. The lowest BCUT2D eigenvalue weighted by Gasteiger charge is -2.19. The molecular weight excluding hydrogens is 202 g/mol. The first-order valence-corrected chi connectivity index (χ1v) is 5.67. The van der Waals surface area contributed by atoms with E-state index in [1.807, 2.05) is 12.1 Å². The second kappa shape index (κ2) is 4.43. The summed E-state index contributed by atoms with van der Waals surface area (Å²) in [5.74, 6) is 0.0705. The van der Waals surface area contributed by atoms with E-state index < -0.39 is 0 Å². The van der Waals surface area contributed by atoms with Crippen LogP contribution in [0.1, 0.15) is 25.3 Å². The molecule has 4 nitrogen and oxygen atoms in total. The average Bonchev–Trinajstić information content (AvgIpc) is 2.26. The molecule has 4 N–H and O–H groups in total. The largest absolute Gasteiger partial charge is 0.397 e. The monoisotopic (exact) mass is 219 g/mol. The summed E-state index contributed by atoms with van der Waals surface area (Å²) < 4.78 is 0. The Kier molecular flexibility index (Phi) is 2.99. The van der Waals surface area contributed by atoms with Crippen molar-refractivity contribution in [2.75, 3.05) is 22.9 Å². The summed E-state index contributed by atoms with van der Waals surface area (Å²) in [7, 11) is 0. The molecule has 1 heterocycles. The fourth-order valence-corrected chi connectivity index (χ4v) is 1.86. The summed E-state index contributed by atoms with van der Waals surface area (Å²) in [5, 5.41) is 6.12. The third kappa shape index (κ3) is 2.10. The SMILES string of the molecule is CCCNc1cc2c(cc1N)NC(=O)CC2. The number of carbonyl (C=O) groups is 1. The Morgan fingerprint density at radius 2 is 2.25 bits per heavy atom. The number of nitrogens with two attached hydrogens (primary N) is 1. The summed E-state index contributed by atoms with van der Waals surface area (Å²) in [5.41, 5.74) is 9.59. The molecule has 0 atom stereocenters. The zero-order valence-electron chi connectivity index (χ0n) is 9.47. The highest BCUT2D eigenvalue weighted by Gasteiger charge is 2.16. The highest BCUT2D eigenvalue weighted by atomic mass is 16.1. The molecule has 2 rings (SSSR count). The van der Waals surface area contributed by atoms with E-state index in [1.165, 1.54) is 0 Å². The van der Waals surface area contributed by atoms with Crippen LogP contribution in [-0.2, 0) is 11.2 Å². The molecule has 0 aromatic heterocycles. The van der Waals surface area contributed by atoms with Gasteiger partial charge < -0.3 is 16.4 Å². The van der Waals surface area contributed by atoms with E-state index in [1.54, 1.807) is 0 Å². The van der Waals surface area contributed by atoms with Crippen molar-refractivity contribution >= 4 is 23.0 Å². The van der Waals surface area contributed by atoms with Gasteiger partial charge in [0.2, 0.25) is 5.91 Å². The van der Waals surface area contributed by atoms with Crippen LogP contribution in [0.15, 0.2) is 12.1 Å². The first-order chi connectivity index (χ1) is 7.70. The second-order valence-corrected chi connectivity index (χ2v) is 4.07. The van der Waals surface area contributed by atoms with Gasteiger partial charge in [0.05, 0.1) is 11.4 Å². The number of rotatable bonds is 3. The van der Waals surface area contributed by atoms with Crippen molar-refractivity contribution in [1.82, 2.24) is 0 Å². The predicted molar refractivity (Wildman–Crippen MR) is 66.6 cm³/mol. The van der Waals surface area contributed by atoms with Crippen LogP contribution in [0, 0.1) is 0 Å². The van der Waals surface area contributed by atoms with Crippen molar-refractivity contribution in [3.63, 3.8) is 0 Å². The standard InChI is InChI=1S/C12H17N3O/c1-2-5-14-11-6-8-3-4-12(16)15-10(8)7-9(11)13/h6-7,14H,2-5,13H2,1H3,(H,15,16). The highest BCUT2D eigenvalue weighted by Crippen LogP contribution is 2.30. The minimum atomic E-state index is 0.0705. The van der Waals surface area contributed by atoms with Gasteiger partial charge in [-0.3, -0.25) is 4.79 Å². The maximum absolute atomic E-state index is 11.2. The summed E-state index contributed by atoms with van der Waals surface area (Å²) in [6.45, 7) is 3.02. The minimum Gasteiger partial charge on any atom is -0.397 e. The van der Waals surface area contributed by atoms with Gasteiger partial charge in [-0.05, 0) is 30.5 Å². The molecule has 0 spiro atoms. The van der Waals surface area contributed by atoms with E-state index in [-0.39, 0.29) is 5.91 Å². The summed E-state index contributed by atoms with van der Waals surface area (Å²) in [6.07, 6.45) is 2.42. The van der Waals surface area contributed by atoms with Gasteiger partial charge in [-0.1, -0.05) is 6.92 Å². The van der Waals surface area contributed by atoms with Crippen LogP contribution in [0.2, 0.25) is 0 Å². The lowest BCUT2D eigenvalue weighted by Crippen LogP contribution is -2.19. The molecule has 1 amide bonds. The third-order valence-electron chi connectivity index (χ3n) is 2.74. The number of aryl methyl sites for hydroxylation is 1. The molecule has 4 heteroatoms. The van der Waals surface area contributed by atoms with Gasteiger partial charge in [0.25, 0.3) is 0 Å². The molecule has 1 aliphatic heterocycles. The number of fused-ring (bicyclic) bond motifs is 1. The number of hydrogen-bond donors (Lipinski definition) is 3. The Balaban J connectivity index is 2.27. The Hall–Kier alpha value is -1.71. The van der Waals surface area contributed by atoms with E-state index in [9.17, 15) is 4.79 Å². The van der Waals surface area contributed by atoms with E-state index in [2.05, 4.69) is 17.6 Å². The molecule has 0 fully saturated rings. The van der Waals surface area contributed by atoms with Crippen molar-refractivity contribution in [1.29, 1.82) is 0 Å². The van der Waals surface area contributed by atoms with Crippen LogP contribution < -0.4 is 16.4 Å². The van der Waals surface area contributed by atoms with Gasteiger partial charge in [-0.25, -0.2) is 0 Å². The van der Waals surface area contributed by atoms with Gasteiger partial charge in [-0.15, -0.1) is 0 Å². The Morgan fingerprint density at radius 1 is 1.44 bits per heavy atom. The number of nitrogens with one attached hydrogen (secondary N) is 2. The lowest BCUT2D eigenvalue weighted by molar-refractivity contribution is -0.116. The van der Waals surface area contributed by atoms with Gasteiger partial charge in [0, 0.05) is 18.7 Å². The highest BCUT2D eigenvalue weighted by molar-refractivity contribution is 5.95. The fourth-order valence-electron chi connectivity index (χ4n) is 1.86. The Labute approximate surface area is 95.2 Å². The number of amides is 1. The normalized spacial score (nSPS) is 14.2. The van der Waals surface area contributed by atoms with E-state index >= 15 is 0 Å². The van der Waals surface area contributed by atoms with Crippen molar-refractivity contribution in [3.05, 3.63) is 17.7 Å². The van der Waals surface area contributed by atoms with Crippen molar-refractivity contribution in [2.45, 2.75) is 26.2 Å². The zero-order valence-corrected chi connectivity index (χ0v) is 9.47. The number of nitrogen functional groups attached to an aromatic ring is 1. The first-order valence-electron chi connectivity index (χ1n) is 5.67. The van der Waals surface area contributed by atoms with Crippen LogP contribution in [-0.4, -0.2) is 12.5 Å². The van der Waals surface area contributed by atoms with Gasteiger partial charge in [0.1, 0.15) is 0 Å². The molecule has 0 bridgehead atoms. The van der Waals surface area contributed by atoms with E-state index in [0.717, 1.165) is 36.3 Å². The van der Waals surface area contributed by atoms with Crippen molar-refractivity contribution in [2.24, 2.45) is 0 Å². The average molecular weight is 219 g/mol. The van der Waals surface area contributed by atoms with Crippen LogP contribution in [0.5, 0.6) is 0 Å². The van der Waals surface area contributed by atoms with Crippen molar-refractivity contribution in [3.8, 4) is 0 Å².